The molecule has 1 aliphatic rings. The molecule has 0 spiro atoms. The lowest BCUT2D eigenvalue weighted by Gasteiger charge is -2.37. The Balaban J connectivity index is 2.07. The molecule has 0 saturated carbocycles. The van der Waals surface area contributed by atoms with Crippen molar-refractivity contribution >= 4 is 27.3 Å². The van der Waals surface area contributed by atoms with Crippen LogP contribution in [0.5, 0.6) is 0 Å². The molecule has 2 N–H and O–H groups in total. The first-order valence-electron chi connectivity index (χ1n) is 7.06. The fourth-order valence-corrected chi connectivity index (χ4v) is 3.46. The van der Waals surface area contributed by atoms with Gasteiger partial charge in [-0.1, -0.05) is 40.2 Å². The minimum atomic E-state index is 0.514. The Labute approximate surface area is 128 Å². The average Bonchev–Trinajstić information content (AvgIpc) is 2.47. The predicted molar refractivity (Wildman–Crippen MR) is 88.4 cm³/mol. The van der Waals surface area contributed by atoms with E-state index in [1.807, 2.05) is 0 Å². The first-order valence-corrected chi connectivity index (χ1v) is 7.85. The Kier molecular flexibility index (Phi) is 3.81. The molecule has 20 heavy (non-hydrogen) atoms. The van der Waals surface area contributed by atoms with Crippen LogP contribution in [0.3, 0.4) is 0 Å². The SMILES string of the molecule is CC1CCc2ccccc2N1c1ccc(CN)c(Br)c1. The van der Waals surface area contributed by atoms with E-state index >= 15 is 0 Å². The van der Waals surface area contributed by atoms with Crippen molar-refractivity contribution in [1.29, 1.82) is 0 Å². The molecule has 1 heterocycles. The molecule has 3 heteroatoms. The summed E-state index contributed by atoms with van der Waals surface area (Å²) in [7, 11) is 0. The number of anilines is 2. The van der Waals surface area contributed by atoms with Crippen LogP contribution in [0.2, 0.25) is 0 Å². The zero-order chi connectivity index (χ0) is 14.1. The van der Waals surface area contributed by atoms with E-state index in [9.17, 15) is 0 Å². The number of rotatable bonds is 2. The quantitative estimate of drug-likeness (QED) is 0.885. The van der Waals surface area contributed by atoms with Gasteiger partial charge in [0.2, 0.25) is 0 Å². The van der Waals surface area contributed by atoms with Crippen LogP contribution in [0.1, 0.15) is 24.5 Å². The van der Waals surface area contributed by atoms with Crippen molar-refractivity contribution < 1.29 is 0 Å². The zero-order valence-electron chi connectivity index (χ0n) is 11.6. The largest absolute Gasteiger partial charge is 0.338 e. The first-order chi connectivity index (χ1) is 9.70. The van der Waals surface area contributed by atoms with Gasteiger partial charge in [0.25, 0.3) is 0 Å². The van der Waals surface area contributed by atoms with Gasteiger partial charge in [-0.15, -0.1) is 0 Å². The van der Waals surface area contributed by atoms with Crippen LogP contribution >= 0.6 is 15.9 Å². The second-order valence-corrected chi connectivity index (χ2v) is 6.22. The molecule has 0 aliphatic carbocycles. The van der Waals surface area contributed by atoms with Crippen LogP contribution in [-0.4, -0.2) is 6.04 Å². The lowest BCUT2D eigenvalue weighted by atomic mass is 9.96. The third-order valence-electron chi connectivity index (χ3n) is 4.06. The number of nitrogens with zero attached hydrogens (tertiary/aromatic N) is 1. The molecular formula is C17H19BrN2. The minimum Gasteiger partial charge on any atom is -0.338 e. The molecule has 104 valence electrons. The van der Waals surface area contributed by atoms with E-state index in [4.69, 9.17) is 5.73 Å². The topological polar surface area (TPSA) is 29.3 Å². The number of halogens is 1. The molecule has 0 saturated heterocycles. The summed E-state index contributed by atoms with van der Waals surface area (Å²) in [5.74, 6) is 0. The van der Waals surface area contributed by atoms with E-state index in [1.165, 1.54) is 23.4 Å². The van der Waals surface area contributed by atoms with E-state index in [0.29, 0.717) is 12.6 Å². The molecule has 0 radical (unpaired) electrons. The highest BCUT2D eigenvalue weighted by atomic mass is 79.9. The molecule has 1 atom stereocenters. The maximum atomic E-state index is 5.74. The number of aryl methyl sites for hydroxylation is 1. The van der Waals surface area contributed by atoms with E-state index < -0.39 is 0 Å². The number of benzene rings is 2. The van der Waals surface area contributed by atoms with Gasteiger partial charge < -0.3 is 10.6 Å². The molecule has 2 nitrogen and oxygen atoms in total. The standard InChI is InChI=1S/C17H19BrN2/c1-12-6-7-13-4-2-3-5-17(13)20(12)15-9-8-14(11-19)16(18)10-15/h2-5,8-10,12H,6-7,11,19H2,1H3. The second-order valence-electron chi connectivity index (χ2n) is 5.37. The monoisotopic (exact) mass is 330 g/mol. The van der Waals surface area contributed by atoms with Crippen LogP contribution < -0.4 is 10.6 Å². The highest BCUT2D eigenvalue weighted by Gasteiger charge is 2.24. The Morgan fingerprint density at radius 2 is 2.05 bits per heavy atom. The summed E-state index contributed by atoms with van der Waals surface area (Å²) in [5.41, 5.74) is 10.9. The maximum Gasteiger partial charge on any atom is 0.0445 e. The normalized spacial score (nSPS) is 17.9. The third kappa shape index (κ3) is 2.36. The van der Waals surface area contributed by atoms with Gasteiger partial charge in [0.1, 0.15) is 0 Å². The second kappa shape index (κ2) is 5.58. The zero-order valence-corrected chi connectivity index (χ0v) is 13.2. The van der Waals surface area contributed by atoms with Crippen molar-refractivity contribution in [2.24, 2.45) is 5.73 Å². The summed E-state index contributed by atoms with van der Waals surface area (Å²) in [5, 5.41) is 0. The Bertz CT molecular complexity index is 624. The van der Waals surface area contributed by atoms with Crippen LogP contribution in [0.4, 0.5) is 11.4 Å². The van der Waals surface area contributed by atoms with Gasteiger partial charge in [0.05, 0.1) is 0 Å². The van der Waals surface area contributed by atoms with Gasteiger partial charge in [-0.2, -0.15) is 0 Å². The van der Waals surface area contributed by atoms with E-state index in [0.717, 1.165) is 16.5 Å². The van der Waals surface area contributed by atoms with Gasteiger partial charge in [-0.25, -0.2) is 0 Å². The van der Waals surface area contributed by atoms with Crippen molar-refractivity contribution in [2.45, 2.75) is 32.4 Å². The average molecular weight is 331 g/mol. The molecule has 2 aromatic rings. The Morgan fingerprint density at radius 1 is 1.25 bits per heavy atom. The van der Waals surface area contributed by atoms with Gasteiger partial charge in [0, 0.05) is 28.4 Å². The molecule has 0 amide bonds. The summed E-state index contributed by atoms with van der Waals surface area (Å²) in [6.45, 7) is 2.85. The van der Waals surface area contributed by atoms with Crippen LogP contribution in [-0.2, 0) is 13.0 Å². The molecular weight excluding hydrogens is 312 g/mol. The summed E-state index contributed by atoms with van der Waals surface area (Å²) in [4.78, 5) is 2.43. The summed E-state index contributed by atoms with van der Waals surface area (Å²) < 4.78 is 1.09. The molecule has 0 bridgehead atoms. The van der Waals surface area contributed by atoms with Crippen molar-refractivity contribution in [3.8, 4) is 0 Å². The number of fused-ring (bicyclic) bond motifs is 1. The number of nitrogens with two attached hydrogens (primary N) is 1. The summed E-state index contributed by atoms with van der Waals surface area (Å²) in [6.07, 6.45) is 2.35. The number of para-hydroxylation sites is 1. The highest BCUT2D eigenvalue weighted by Crippen LogP contribution is 2.38. The fourth-order valence-electron chi connectivity index (χ4n) is 2.93. The van der Waals surface area contributed by atoms with Crippen LogP contribution in [0.15, 0.2) is 46.9 Å². The van der Waals surface area contributed by atoms with Gasteiger partial charge in [-0.05, 0) is 49.1 Å². The molecule has 1 unspecified atom stereocenters. The molecule has 0 aromatic heterocycles. The Morgan fingerprint density at radius 3 is 2.80 bits per heavy atom. The highest BCUT2D eigenvalue weighted by molar-refractivity contribution is 9.10. The molecule has 0 fully saturated rings. The van der Waals surface area contributed by atoms with Crippen molar-refractivity contribution in [2.75, 3.05) is 4.90 Å². The van der Waals surface area contributed by atoms with Gasteiger partial charge in [0.15, 0.2) is 0 Å². The summed E-state index contributed by atoms with van der Waals surface area (Å²) >= 11 is 3.63. The summed E-state index contributed by atoms with van der Waals surface area (Å²) in [6, 6.07) is 15.7. The van der Waals surface area contributed by atoms with Crippen LogP contribution in [0.25, 0.3) is 0 Å². The van der Waals surface area contributed by atoms with E-state index in [2.05, 4.69) is 70.2 Å². The van der Waals surface area contributed by atoms with Crippen molar-refractivity contribution in [3.63, 3.8) is 0 Å². The lowest BCUT2D eigenvalue weighted by molar-refractivity contribution is 0.618. The molecule has 1 aliphatic heterocycles. The third-order valence-corrected chi connectivity index (χ3v) is 4.80. The van der Waals surface area contributed by atoms with Gasteiger partial charge in [-0.3, -0.25) is 0 Å². The maximum absolute atomic E-state index is 5.74. The minimum absolute atomic E-state index is 0.514. The van der Waals surface area contributed by atoms with Gasteiger partial charge >= 0.3 is 0 Å². The predicted octanol–water partition coefficient (Wildman–Crippen LogP) is 4.38. The fraction of sp³-hybridized carbons (Fsp3) is 0.294. The number of hydrogen-bond donors (Lipinski definition) is 1. The van der Waals surface area contributed by atoms with E-state index in [-0.39, 0.29) is 0 Å². The Hall–Kier alpha value is -1.32. The van der Waals surface area contributed by atoms with Crippen LogP contribution in [0, 0.1) is 0 Å². The van der Waals surface area contributed by atoms with Crippen molar-refractivity contribution in [3.05, 3.63) is 58.1 Å². The first kappa shape index (κ1) is 13.7. The van der Waals surface area contributed by atoms with Crippen molar-refractivity contribution in [1.82, 2.24) is 0 Å². The smallest absolute Gasteiger partial charge is 0.0445 e. The molecule has 3 rings (SSSR count). The lowest BCUT2D eigenvalue weighted by Crippen LogP contribution is -2.33. The number of hydrogen-bond acceptors (Lipinski definition) is 2. The van der Waals surface area contributed by atoms with E-state index in [1.54, 1.807) is 0 Å². The molecule has 2 aromatic carbocycles.